The van der Waals surface area contributed by atoms with Crippen LogP contribution in [0, 0.1) is 12.8 Å². The lowest BCUT2D eigenvalue weighted by Crippen LogP contribution is -2.36. The molecule has 3 atom stereocenters. The third-order valence-electron chi connectivity index (χ3n) is 4.75. The molecule has 0 bridgehead atoms. The van der Waals surface area contributed by atoms with E-state index in [0.29, 0.717) is 5.92 Å². The molecule has 1 fully saturated rings. The van der Waals surface area contributed by atoms with E-state index in [-0.39, 0.29) is 11.6 Å². The summed E-state index contributed by atoms with van der Waals surface area (Å²) in [6.07, 6.45) is 6.48. The molecular weight excluding hydrogens is 262 g/mol. The van der Waals surface area contributed by atoms with Gasteiger partial charge in [-0.1, -0.05) is 20.3 Å². The van der Waals surface area contributed by atoms with Crippen LogP contribution in [-0.4, -0.2) is 23.6 Å². The van der Waals surface area contributed by atoms with Gasteiger partial charge < -0.3 is 10.1 Å². The fourth-order valence-corrected chi connectivity index (χ4v) is 3.52. The highest BCUT2D eigenvalue weighted by molar-refractivity contribution is 5.22. The Hall–Kier alpha value is -1.00. The third kappa shape index (κ3) is 3.43. The van der Waals surface area contributed by atoms with E-state index in [1.54, 1.807) is 7.11 Å². The highest BCUT2D eigenvalue weighted by Crippen LogP contribution is 2.41. The van der Waals surface area contributed by atoms with Crippen LogP contribution in [0.3, 0.4) is 0 Å². The Morgan fingerprint density at radius 3 is 2.86 bits per heavy atom. The maximum absolute atomic E-state index is 5.90. The Morgan fingerprint density at radius 2 is 2.29 bits per heavy atom. The number of hydrogen-bond donors (Lipinski definition) is 1. The summed E-state index contributed by atoms with van der Waals surface area (Å²) in [7, 11) is 1.80. The average Bonchev–Trinajstić information content (AvgIpc) is 2.47. The first kappa shape index (κ1) is 16.4. The molecule has 1 N–H and O–H groups in total. The zero-order valence-corrected chi connectivity index (χ0v) is 14.1. The third-order valence-corrected chi connectivity index (χ3v) is 4.75. The maximum Gasteiger partial charge on any atom is 0.160 e. The van der Waals surface area contributed by atoms with E-state index in [9.17, 15) is 0 Å². The Morgan fingerprint density at radius 1 is 1.52 bits per heavy atom. The van der Waals surface area contributed by atoms with Crippen LogP contribution in [0.15, 0.2) is 6.20 Å². The summed E-state index contributed by atoms with van der Waals surface area (Å²) in [6.45, 7) is 9.58. The normalized spacial score (nSPS) is 27.6. The van der Waals surface area contributed by atoms with Crippen LogP contribution in [0.5, 0.6) is 0 Å². The highest BCUT2D eigenvalue weighted by atomic mass is 16.5. The van der Waals surface area contributed by atoms with Gasteiger partial charge in [0.15, 0.2) is 5.82 Å². The van der Waals surface area contributed by atoms with Crippen molar-refractivity contribution >= 4 is 0 Å². The first-order valence-corrected chi connectivity index (χ1v) is 8.15. The molecule has 4 nitrogen and oxygen atoms in total. The van der Waals surface area contributed by atoms with Crippen LogP contribution in [-0.2, 0) is 10.3 Å². The summed E-state index contributed by atoms with van der Waals surface area (Å²) in [5.41, 5.74) is 1.95. The van der Waals surface area contributed by atoms with E-state index in [1.807, 2.05) is 6.20 Å². The number of methoxy groups -OCH3 is 1. The fourth-order valence-electron chi connectivity index (χ4n) is 3.52. The van der Waals surface area contributed by atoms with Crippen LogP contribution in [0.1, 0.15) is 69.6 Å². The lowest BCUT2D eigenvalue weighted by atomic mass is 9.78. The van der Waals surface area contributed by atoms with Gasteiger partial charge in [0.1, 0.15) is 5.60 Å². The molecule has 118 valence electrons. The minimum atomic E-state index is -0.289. The highest BCUT2D eigenvalue weighted by Gasteiger charge is 2.39. The van der Waals surface area contributed by atoms with Gasteiger partial charge in [0.2, 0.25) is 0 Å². The summed E-state index contributed by atoms with van der Waals surface area (Å²) in [6, 6.07) is 0.285. The number of ether oxygens (including phenoxy) is 1. The Balaban J connectivity index is 2.29. The van der Waals surface area contributed by atoms with Gasteiger partial charge in [0.05, 0.1) is 0 Å². The molecule has 21 heavy (non-hydrogen) atoms. The molecular formula is C17H29N3O. The van der Waals surface area contributed by atoms with Crippen molar-refractivity contribution in [2.45, 2.75) is 65.0 Å². The van der Waals surface area contributed by atoms with Crippen LogP contribution < -0.4 is 5.32 Å². The number of aryl methyl sites for hydroxylation is 1. The van der Waals surface area contributed by atoms with Crippen molar-refractivity contribution in [2.24, 2.45) is 5.92 Å². The molecule has 0 aromatic carbocycles. The molecule has 1 heterocycles. The molecule has 1 saturated carbocycles. The molecule has 0 amide bonds. The lowest BCUT2D eigenvalue weighted by molar-refractivity contribution is -0.0647. The molecule has 0 saturated heterocycles. The van der Waals surface area contributed by atoms with Crippen molar-refractivity contribution in [2.75, 3.05) is 13.7 Å². The summed E-state index contributed by atoms with van der Waals surface area (Å²) in [5, 5.41) is 3.42. The zero-order chi connectivity index (χ0) is 15.5. The predicted molar refractivity (Wildman–Crippen MR) is 85.2 cm³/mol. The van der Waals surface area contributed by atoms with Crippen molar-refractivity contribution in [1.82, 2.24) is 15.3 Å². The zero-order valence-electron chi connectivity index (χ0n) is 14.1. The van der Waals surface area contributed by atoms with Crippen molar-refractivity contribution in [3.05, 3.63) is 23.3 Å². The minimum Gasteiger partial charge on any atom is -0.370 e. The summed E-state index contributed by atoms with van der Waals surface area (Å²) in [5.74, 6) is 1.53. The molecule has 1 aromatic heterocycles. The van der Waals surface area contributed by atoms with Gasteiger partial charge in [-0.15, -0.1) is 0 Å². The van der Waals surface area contributed by atoms with Gasteiger partial charge in [0.25, 0.3) is 0 Å². The first-order valence-electron chi connectivity index (χ1n) is 8.15. The van der Waals surface area contributed by atoms with Crippen LogP contribution in [0.4, 0.5) is 0 Å². The van der Waals surface area contributed by atoms with Gasteiger partial charge >= 0.3 is 0 Å². The smallest absolute Gasteiger partial charge is 0.160 e. The Labute approximate surface area is 128 Å². The average molecular weight is 291 g/mol. The summed E-state index contributed by atoms with van der Waals surface area (Å²) in [4.78, 5) is 9.47. The molecule has 0 spiro atoms. The van der Waals surface area contributed by atoms with Crippen molar-refractivity contribution < 1.29 is 4.74 Å². The molecule has 0 aliphatic heterocycles. The standard InChI is InChI=1S/C17H29N3O/c1-6-18-13(3)15-11-19-16(20-14(15)4)17(21-5)9-7-8-12(2)10-17/h11-13,18H,6-10H2,1-5H3. The molecule has 1 aromatic rings. The van der Waals surface area contributed by atoms with Gasteiger partial charge in [-0.2, -0.15) is 0 Å². The molecule has 4 heteroatoms. The monoisotopic (exact) mass is 291 g/mol. The molecule has 1 aliphatic rings. The Kier molecular flexibility index (Phi) is 5.33. The minimum absolute atomic E-state index is 0.285. The van der Waals surface area contributed by atoms with E-state index < -0.39 is 0 Å². The molecule has 3 unspecified atom stereocenters. The predicted octanol–water partition coefficient (Wildman–Crippen LogP) is 3.51. The molecule has 0 radical (unpaired) electrons. The van der Waals surface area contributed by atoms with Crippen LogP contribution in [0.2, 0.25) is 0 Å². The number of rotatable bonds is 5. The number of hydrogen-bond acceptors (Lipinski definition) is 4. The number of nitrogens with zero attached hydrogens (tertiary/aromatic N) is 2. The second-order valence-electron chi connectivity index (χ2n) is 6.41. The number of aromatic nitrogens is 2. The van der Waals surface area contributed by atoms with Crippen molar-refractivity contribution in [1.29, 1.82) is 0 Å². The summed E-state index contributed by atoms with van der Waals surface area (Å²) < 4.78 is 5.90. The molecule has 2 rings (SSSR count). The number of nitrogens with one attached hydrogen (secondary N) is 1. The van der Waals surface area contributed by atoms with E-state index in [1.165, 1.54) is 18.4 Å². The van der Waals surface area contributed by atoms with E-state index in [0.717, 1.165) is 30.9 Å². The topological polar surface area (TPSA) is 47.0 Å². The maximum atomic E-state index is 5.90. The van der Waals surface area contributed by atoms with Crippen molar-refractivity contribution in [3.8, 4) is 0 Å². The van der Waals surface area contributed by atoms with E-state index in [4.69, 9.17) is 9.72 Å². The summed E-state index contributed by atoms with van der Waals surface area (Å²) >= 11 is 0. The second-order valence-corrected chi connectivity index (χ2v) is 6.41. The lowest BCUT2D eigenvalue weighted by Gasteiger charge is -2.37. The van der Waals surface area contributed by atoms with Crippen LogP contribution >= 0.6 is 0 Å². The van der Waals surface area contributed by atoms with Crippen LogP contribution in [0.25, 0.3) is 0 Å². The van der Waals surface area contributed by atoms with Gasteiger partial charge in [0, 0.05) is 30.6 Å². The molecule has 1 aliphatic carbocycles. The fraction of sp³-hybridized carbons (Fsp3) is 0.765. The Bertz CT molecular complexity index is 477. The quantitative estimate of drug-likeness (QED) is 0.902. The van der Waals surface area contributed by atoms with Gasteiger partial charge in [-0.3, -0.25) is 0 Å². The van der Waals surface area contributed by atoms with Gasteiger partial charge in [-0.05, 0) is 45.6 Å². The SMILES string of the molecule is CCNC(C)c1cnc(C2(OC)CCCC(C)C2)nc1C. The first-order chi connectivity index (χ1) is 10.0. The second kappa shape index (κ2) is 6.84. The van der Waals surface area contributed by atoms with E-state index in [2.05, 4.69) is 38.0 Å². The van der Waals surface area contributed by atoms with Gasteiger partial charge in [-0.25, -0.2) is 9.97 Å². The van der Waals surface area contributed by atoms with E-state index >= 15 is 0 Å². The van der Waals surface area contributed by atoms with Crippen molar-refractivity contribution in [3.63, 3.8) is 0 Å². The largest absolute Gasteiger partial charge is 0.370 e.